The van der Waals surface area contributed by atoms with Crippen LogP contribution < -0.4 is 9.47 Å². The molecule has 2 aromatic heterocycles. The van der Waals surface area contributed by atoms with Crippen molar-refractivity contribution in [2.24, 2.45) is 0 Å². The number of benzene rings is 1. The number of H-pyrrole nitrogens is 2. The number of aryl methyl sites for hydroxylation is 1. The zero-order valence-corrected chi connectivity index (χ0v) is 13.0. The first-order valence-corrected chi connectivity index (χ1v) is 7.23. The van der Waals surface area contributed by atoms with Crippen molar-refractivity contribution < 1.29 is 9.47 Å². The number of aromatic nitrogens is 2. The van der Waals surface area contributed by atoms with Crippen LogP contribution in [0.3, 0.4) is 0 Å². The molecular formula is C18H20N2O2. The van der Waals surface area contributed by atoms with E-state index in [2.05, 4.69) is 22.1 Å². The van der Waals surface area contributed by atoms with E-state index in [0.717, 1.165) is 34.0 Å². The number of hydrogen-bond donors (Lipinski definition) is 2. The van der Waals surface area contributed by atoms with Crippen molar-refractivity contribution in [2.75, 3.05) is 14.2 Å². The number of nitrogens with one attached hydrogen (secondary N) is 2. The molecule has 3 aromatic rings. The summed E-state index contributed by atoms with van der Waals surface area (Å²) < 4.78 is 11.3. The summed E-state index contributed by atoms with van der Waals surface area (Å²) in [6, 6.07) is 12.2. The Kier molecular flexibility index (Phi) is 3.92. The summed E-state index contributed by atoms with van der Waals surface area (Å²) in [6.45, 7) is 2.03. The maximum absolute atomic E-state index is 5.64. The summed E-state index contributed by atoms with van der Waals surface area (Å²) in [5, 5.41) is 0. The lowest BCUT2D eigenvalue weighted by Gasteiger charge is -2.22. The van der Waals surface area contributed by atoms with E-state index >= 15 is 0 Å². The van der Waals surface area contributed by atoms with Crippen LogP contribution in [0.5, 0.6) is 11.5 Å². The molecule has 0 aliphatic rings. The van der Waals surface area contributed by atoms with Crippen LogP contribution in [0.2, 0.25) is 0 Å². The third-order valence-electron chi connectivity index (χ3n) is 3.84. The molecule has 22 heavy (non-hydrogen) atoms. The zero-order valence-electron chi connectivity index (χ0n) is 13.0. The topological polar surface area (TPSA) is 50.0 Å². The average Bonchev–Trinajstić information content (AvgIpc) is 3.22. The molecule has 0 atom stereocenters. The minimum Gasteiger partial charge on any atom is -0.496 e. The van der Waals surface area contributed by atoms with Gasteiger partial charge in [0.05, 0.1) is 25.7 Å². The Morgan fingerprint density at radius 1 is 0.864 bits per heavy atom. The fourth-order valence-corrected chi connectivity index (χ4v) is 2.88. The van der Waals surface area contributed by atoms with Crippen molar-refractivity contribution in [1.29, 1.82) is 0 Å². The normalized spacial score (nSPS) is 10.9. The Labute approximate surface area is 130 Å². The summed E-state index contributed by atoms with van der Waals surface area (Å²) in [4.78, 5) is 6.62. The summed E-state index contributed by atoms with van der Waals surface area (Å²) in [6.07, 6.45) is 3.86. The molecule has 0 unspecified atom stereocenters. The molecule has 0 fully saturated rings. The fraction of sp³-hybridized carbons (Fsp3) is 0.222. The van der Waals surface area contributed by atoms with Crippen molar-refractivity contribution in [3.63, 3.8) is 0 Å². The van der Waals surface area contributed by atoms with E-state index in [1.165, 1.54) is 0 Å². The predicted octanol–water partition coefficient (Wildman–Crippen LogP) is 3.85. The predicted molar refractivity (Wildman–Crippen MR) is 86.8 cm³/mol. The number of ether oxygens (including phenoxy) is 2. The SMILES string of the molecule is COc1cc(C)cc(OC)c1C(c1ccc[nH]1)c1ccc[nH]1. The second-order valence-electron chi connectivity index (χ2n) is 5.27. The zero-order chi connectivity index (χ0) is 15.5. The van der Waals surface area contributed by atoms with Crippen LogP contribution in [-0.2, 0) is 0 Å². The molecule has 0 saturated carbocycles. The first kappa shape index (κ1) is 14.3. The summed E-state index contributed by atoms with van der Waals surface area (Å²) >= 11 is 0. The third-order valence-corrected chi connectivity index (χ3v) is 3.84. The number of rotatable bonds is 5. The molecule has 4 nitrogen and oxygen atoms in total. The smallest absolute Gasteiger partial charge is 0.127 e. The molecule has 3 rings (SSSR count). The standard InChI is InChI=1S/C18H20N2O2/c1-12-10-15(21-2)18(16(11-12)22-3)17(13-6-4-8-19-13)14-7-5-9-20-14/h4-11,17,19-20H,1-3H3. The largest absolute Gasteiger partial charge is 0.496 e. The van der Waals surface area contributed by atoms with Crippen molar-refractivity contribution >= 4 is 0 Å². The van der Waals surface area contributed by atoms with Gasteiger partial charge >= 0.3 is 0 Å². The van der Waals surface area contributed by atoms with Gasteiger partial charge in [-0.1, -0.05) is 0 Å². The second kappa shape index (κ2) is 6.02. The molecule has 0 aliphatic heterocycles. The van der Waals surface area contributed by atoms with Crippen LogP contribution >= 0.6 is 0 Å². The van der Waals surface area contributed by atoms with Gasteiger partial charge < -0.3 is 19.4 Å². The highest BCUT2D eigenvalue weighted by Crippen LogP contribution is 2.42. The molecule has 114 valence electrons. The Bertz CT molecular complexity index is 671. The van der Waals surface area contributed by atoms with Gasteiger partial charge in [-0.25, -0.2) is 0 Å². The number of methoxy groups -OCH3 is 2. The van der Waals surface area contributed by atoms with Crippen molar-refractivity contribution in [1.82, 2.24) is 9.97 Å². The van der Waals surface area contributed by atoms with Crippen LogP contribution in [0.15, 0.2) is 48.8 Å². The van der Waals surface area contributed by atoms with E-state index < -0.39 is 0 Å². The van der Waals surface area contributed by atoms with Gasteiger partial charge in [0, 0.05) is 23.8 Å². The van der Waals surface area contributed by atoms with Gasteiger partial charge in [0.15, 0.2) is 0 Å². The molecule has 0 bridgehead atoms. The molecule has 1 aromatic carbocycles. The quantitative estimate of drug-likeness (QED) is 0.751. The first-order chi connectivity index (χ1) is 10.7. The Morgan fingerprint density at radius 3 is 1.73 bits per heavy atom. The molecule has 0 aliphatic carbocycles. The maximum atomic E-state index is 5.64. The summed E-state index contributed by atoms with van der Waals surface area (Å²) in [7, 11) is 3.39. The lowest BCUT2D eigenvalue weighted by Crippen LogP contribution is -2.08. The van der Waals surface area contributed by atoms with Crippen molar-refractivity contribution in [2.45, 2.75) is 12.8 Å². The van der Waals surface area contributed by atoms with Gasteiger partial charge in [0.25, 0.3) is 0 Å². The molecule has 2 N–H and O–H groups in total. The van der Waals surface area contributed by atoms with Gasteiger partial charge in [-0.05, 0) is 48.9 Å². The van der Waals surface area contributed by atoms with Gasteiger partial charge in [-0.2, -0.15) is 0 Å². The van der Waals surface area contributed by atoms with Crippen LogP contribution in [0.1, 0.15) is 28.4 Å². The maximum Gasteiger partial charge on any atom is 0.127 e. The molecule has 0 amide bonds. The highest BCUT2D eigenvalue weighted by atomic mass is 16.5. The Hall–Kier alpha value is -2.62. The minimum atomic E-state index is -0.00417. The summed E-state index contributed by atoms with van der Waals surface area (Å²) in [5.41, 5.74) is 4.29. The van der Waals surface area contributed by atoms with Crippen LogP contribution in [0, 0.1) is 6.92 Å². The van der Waals surface area contributed by atoms with Crippen LogP contribution in [0.25, 0.3) is 0 Å². The highest BCUT2D eigenvalue weighted by molar-refractivity contribution is 5.55. The van der Waals surface area contributed by atoms with Crippen LogP contribution in [-0.4, -0.2) is 24.2 Å². The van der Waals surface area contributed by atoms with Crippen molar-refractivity contribution in [3.8, 4) is 11.5 Å². The third kappa shape index (κ3) is 2.48. The average molecular weight is 296 g/mol. The van der Waals surface area contributed by atoms with E-state index in [0.29, 0.717) is 0 Å². The van der Waals surface area contributed by atoms with E-state index in [4.69, 9.17) is 9.47 Å². The monoisotopic (exact) mass is 296 g/mol. The van der Waals surface area contributed by atoms with E-state index in [1.54, 1.807) is 14.2 Å². The number of hydrogen-bond acceptors (Lipinski definition) is 2. The van der Waals surface area contributed by atoms with E-state index in [-0.39, 0.29) is 5.92 Å². The lowest BCUT2D eigenvalue weighted by atomic mass is 9.90. The van der Waals surface area contributed by atoms with Crippen LogP contribution in [0.4, 0.5) is 0 Å². The second-order valence-corrected chi connectivity index (χ2v) is 5.27. The van der Waals surface area contributed by atoms with Crippen molar-refractivity contribution in [3.05, 3.63) is 71.3 Å². The highest BCUT2D eigenvalue weighted by Gasteiger charge is 2.26. The molecule has 2 heterocycles. The van der Waals surface area contributed by atoms with Gasteiger partial charge in [-0.15, -0.1) is 0 Å². The van der Waals surface area contributed by atoms with Gasteiger partial charge in [-0.3, -0.25) is 0 Å². The molecule has 0 saturated heterocycles. The number of aromatic amines is 2. The first-order valence-electron chi connectivity index (χ1n) is 7.23. The molecule has 0 radical (unpaired) electrons. The lowest BCUT2D eigenvalue weighted by molar-refractivity contribution is 0.383. The Balaban J connectivity index is 2.25. The molecule has 4 heteroatoms. The fourth-order valence-electron chi connectivity index (χ4n) is 2.88. The Morgan fingerprint density at radius 2 is 1.36 bits per heavy atom. The molecular weight excluding hydrogens is 276 g/mol. The van der Waals surface area contributed by atoms with E-state index in [1.807, 2.05) is 43.6 Å². The van der Waals surface area contributed by atoms with E-state index in [9.17, 15) is 0 Å². The minimum absolute atomic E-state index is 0.00417. The molecule has 0 spiro atoms. The van der Waals surface area contributed by atoms with Gasteiger partial charge in [0.1, 0.15) is 11.5 Å². The summed E-state index contributed by atoms with van der Waals surface area (Å²) in [5.74, 6) is 1.65. The van der Waals surface area contributed by atoms with Gasteiger partial charge in [0.2, 0.25) is 0 Å².